The molecule has 1 unspecified atom stereocenters. The summed E-state index contributed by atoms with van der Waals surface area (Å²) in [6, 6.07) is 12.8. The van der Waals surface area contributed by atoms with Gasteiger partial charge in [-0.05, 0) is 66.8 Å². The Morgan fingerprint density at radius 1 is 1.06 bits per heavy atom. The van der Waals surface area contributed by atoms with Gasteiger partial charge >= 0.3 is 0 Å². The van der Waals surface area contributed by atoms with Crippen molar-refractivity contribution in [1.82, 2.24) is 4.98 Å². The Bertz CT molecular complexity index is 852. The Hall–Kier alpha value is -1.72. The first-order valence-electron chi connectivity index (χ1n) is 11.8. The Morgan fingerprint density at radius 3 is 2.47 bits per heavy atom. The number of rotatable bonds is 6. The molecule has 2 aromatic rings. The van der Waals surface area contributed by atoms with Crippen molar-refractivity contribution in [3.8, 4) is 5.75 Å². The summed E-state index contributed by atoms with van der Waals surface area (Å²) in [6.07, 6.45) is 13.9. The average Bonchev–Trinajstić information content (AvgIpc) is 3.26. The molecule has 1 aliphatic carbocycles. The van der Waals surface area contributed by atoms with Gasteiger partial charge in [0.15, 0.2) is 6.61 Å². The maximum absolute atomic E-state index is 13.2. The van der Waals surface area contributed by atoms with Crippen LogP contribution in [0.3, 0.4) is 0 Å². The van der Waals surface area contributed by atoms with E-state index in [-0.39, 0.29) is 12.5 Å². The molecule has 1 atom stereocenters. The van der Waals surface area contributed by atoms with Gasteiger partial charge in [-0.25, -0.2) is 4.98 Å². The molecule has 4 rings (SSSR count). The van der Waals surface area contributed by atoms with E-state index < -0.39 is 0 Å². The second-order valence-corrected chi connectivity index (χ2v) is 10.9. The smallest absolute Gasteiger partial charge is 0.266 e. The van der Waals surface area contributed by atoms with Crippen molar-refractivity contribution < 1.29 is 9.53 Å². The van der Waals surface area contributed by atoms with Crippen LogP contribution in [0.1, 0.15) is 57.8 Å². The van der Waals surface area contributed by atoms with Gasteiger partial charge in [-0.15, -0.1) is 0 Å². The molecular weight excluding hydrogens is 440 g/mol. The van der Waals surface area contributed by atoms with Crippen molar-refractivity contribution in [2.75, 3.05) is 23.8 Å². The molecule has 6 heteroatoms. The molecule has 1 saturated heterocycles. The molecule has 2 heterocycles. The number of halogens is 1. The van der Waals surface area contributed by atoms with Crippen molar-refractivity contribution in [3.63, 3.8) is 0 Å². The zero-order valence-corrected chi connectivity index (χ0v) is 20.3. The van der Waals surface area contributed by atoms with Crippen LogP contribution in [-0.4, -0.2) is 35.0 Å². The van der Waals surface area contributed by atoms with Crippen molar-refractivity contribution in [2.45, 2.75) is 63.0 Å². The van der Waals surface area contributed by atoms with Crippen LogP contribution < -0.4 is 9.64 Å². The molecule has 1 spiro atoms. The Labute approximate surface area is 201 Å². The van der Waals surface area contributed by atoms with Gasteiger partial charge in [0.1, 0.15) is 11.6 Å². The van der Waals surface area contributed by atoms with Gasteiger partial charge in [-0.3, -0.25) is 9.69 Å². The van der Waals surface area contributed by atoms with E-state index in [4.69, 9.17) is 16.3 Å². The summed E-state index contributed by atoms with van der Waals surface area (Å²) in [5.74, 6) is 2.51. The number of carbonyl (C=O) groups is 1. The van der Waals surface area contributed by atoms with Gasteiger partial charge in [0, 0.05) is 23.0 Å². The monoisotopic (exact) mass is 472 g/mol. The lowest BCUT2D eigenvalue weighted by Crippen LogP contribution is -2.40. The van der Waals surface area contributed by atoms with Crippen molar-refractivity contribution in [3.05, 3.63) is 53.7 Å². The van der Waals surface area contributed by atoms with Gasteiger partial charge in [0.05, 0.1) is 0 Å². The fourth-order valence-electron chi connectivity index (χ4n) is 4.99. The molecule has 172 valence electrons. The molecule has 0 radical (unpaired) electrons. The zero-order chi connectivity index (χ0) is 22.2. The third-order valence-electron chi connectivity index (χ3n) is 6.74. The number of amides is 1. The second kappa shape index (κ2) is 11.4. The highest BCUT2D eigenvalue weighted by atomic mass is 35.5. The summed E-state index contributed by atoms with van der Waals surface area (Å²) < 4.78 is 5.76. The van der Waals surface area contributed by atoms with E-state index in [1.165, 1.54) is 63.5 Å². The van der Waals surface area contributed by atoms with Gasteiger partial charge < -0.3 is 4.74 Å². The fraction of sp³-hybridized carbons (Fsp3) is 0.538. The second-order valence-electron chi connectivity index (χ2n) is 9.19. The zero-order valence-electron chi connectivity index (χ0n) is 18.7. The molecule has 1 amide bonds. The van der Waals surface area contributed by atoms with Crippen molar-refractivity contribution >= 4 is 35.1 Å². The SMILES string of the molecule is O=C(COc1ccc(Cl)cc1)N(CC1CC2(CCCCCCCC2)CS1)c1ccccn1. The van der Waals surface area contributed by atoms with Crippen LogP contribution in [0, 0.1) is 5.41 Å². The van der Waals surface area contributed by atoms with Gasteiger partial charge in [-0.1, -0.05) is 56.2 Å². The quantitative estimate of drug-likeness (QED) is 0.465. The average molecular weight is 473 g/mol. The van der Waals surface area contributed by atoms with Crippen LogP contribution >= 0.6 is 23.4 Å². The van der Waals surface area contributed by atoms with E-state index in [1.807, 2.05) is 34.9 Å². The minimum absolute atomic E-state index is 0.0132. The van der Waals surface area contributed by atoms with Crippen LogP contribution in [0.25, 0.3) is 0 Å². The fourth-order valence-corrected chi connectivity index (χ4v) is 6.83. The molecule has 1 aromatic carbocycles. The van der Waals surface area contributed by atoms with Gasteiger partial charge in [-0.2, -0.15) is 11.8 Å². The normalized spacial score (nSPS) is 20.8. The summed E-state index contributed by atoms with van der Waals surface area (Å²) in [4.78, 5) is 19.5. The first-order chi connectivity index (χ1) is 15.6. The summed E-state index contributed by atoms with van der Waals surface area (Å²) >= 11 is 8.00. The molecule has 0 bridgehead atoms. The lowest BCUT2D eigenvalue weighted by molar-refractivity contribution is -0.120. The van der Waals surface area contributed by atoms with Crippen LogP contribution in [0.4, 0.5) is 5.82 Å². The van der Waals surface area contributed by atoms with Crippen LogP contribution in [0.2, 0.25) is 5.02 Å². The van der Waals surface area contributed by atoms with Crippen molar-refractivity contribution in [1.29, 1.82) is 0 Å². The topological polar surface area (TPSA) is 42.4 Å². The largest absolute Gasteiger partial charge is 0.484 e. The number of aromatic nitrogens is 1. The number of ether oxygens (including phenoxy) is 1. The highest BCUT2D eigenvalue weighted by molar-refractivity contribution is 8.00. The van der Waals surface area contributed by atoms with E-state index in [0.717, 1.165) is 0 Å². The standard InChI is InChI=1S/C26H33ClN2O2S/c27-21-10-12-22(13-11-21)31-19-25(30)29(24-9-5-8-16-28-24)18-23-17-26(20-32-23)14-6-3-1-2-4-7-15-26/h5,8-13,16,23H,1-4,6-7,14-15,17-20H2. The number of pyridine rings is 1. The lowest BCUT2D eigenvalue weighted by atomic mass is 9.77. The van der Waals surface area contributed by atoms with Gasteiger partial charge in [0.2, 0.25) is 0 Å². The third kappa shape index (κ3) is 6.41. The van der Waals surface area contributed by atoms with E-state index >= 15 is 0 Å². The number of anilines is 1. The highest BCUT2D eigenvalue weighted by Crippen LogP contribution is 2.49. The maximum atomic E-state index is 13.2. The first kappa shape index (κ1) is 23.4. The maximum Gasteiger partial charge on any atom is 0.266 e. The van der Waals surface area contributed by atoms with E-state index in [0.29, 0.717) is 33.8 Å². The minimum Gasteiger partial charge on any atom is -0.484 e. The lowest BCUT2D eigenvalue weighted by Gasteiger charge is -2.29. The number of nitrogens with zero attached hydrogens (tertiary/aromatic N) is 2. The van der Waals surface area contributed by atoms with E-state index in [9.17, 15) is 4.79 Å². The number of hydrogen-bond acceptors (Lipinski definition) is 4. The summed E-state index contributed by atoms with van der Waals surface area (Å²) in [6.45, 7) is 0.674. The number of thioether (sulfide) groups is 1. The predicted octanol–water partition coefficient (Wildman–Crippen LogP) is 6.77. The third-order valence-corrected chi connectivity index (χ3v) is 8.56. The van der Waals surface area contributed by atoms with Gasteiger partial charge in [0.25, 0.3) is 5.91 Å². The van der Waals surface area contributed by atoms with Crippen LogP contribution in [-0.2, 0) is 4.79 Å². The molecule has 2 fully saturated rings. The Morgan fingerprint density at radius 2 is 1.78 bits per heavy atom. The molecule has 1 aromatic heterocycles. The van der Waals surface area contributed by atoms with Crippen LogP contribution in [0.5, 0.6) is 5.75 Å². The predicted molar refractivity (Wildman–Crippen MR) is 134 cm³/mol. The highest BCUT2D eigenvalue weighted by Gasteiger charge is 2.40. The minimum atomic E-state index is -0.0605. The first-order valence-corrected chi connectivity index (χ1v) is 13.3. The summed E-state index contributed by atoms with van der Waals surface area (Å²) in [7, 11) is 0. The molecule has 1 saturated carbocycles. The number of hydrogen-bond donors (Lipinski definition) is 0. The van der Waals surface area contributed by atoms with Crippen molar-refractivity contribution in [2.24, 2.45) is 5.41 Å². The van der Waals surface area contributed by atoms with E-state index in [1.54, 1.807) is 30.5 Å². The summed E-state index contributed by atoms with van der Waals surface area (Å²) in [5, 5.41) is 1.09. The molecule has 2 aliphatic rings. The Kier molecular flexibility index (Phi) is 8.37. The number of benzene rings is 1. The van der Waals surface area contributed by atoms with Crippen LogP contribution in [0.15, 0.2) is 48.7 Å². The number of carbonyl (C=O) groups excluding carboxylic acids is 1. The summed E-state index contributed by atoms with van der Waals surface area (Å²) in [5.41, 5.74) is 0.457. The molecule has 4 nitrogen and oxygen atoms in total. The molecule has 32 heavy (non-hydrogen) atoms. The molecule has 1 aliphatic heterocycles. The van der Waals surface area contributed by atoms with E-state index in [2.05, 4.69) is 4.98 Å². The molecular formula is C26H33ClN2O2S. The Balaban J connectivity index is 1.41. The molecule has 0 N–H and O–H groups in total.